The van der Waals surface area contributed by atoms with Crippen LogP contribution in [0.5, 0.6) is 0 Å². The summed E-state index contributed by atoms with van der Waals surface area (Å²) in [6.07, 6.45) is 4.68. The SMILES string of the molecule is Cl.NCC1CCCC1NC(=O)c1cc(-c2ccco2)on1. The van der Waals surface area contributed by atoms with Crippen molar-refractivity contribution < 1.29 is 13.7 Å². The number of nitrogens with two attached hydrogens (primary N) is 1. The van der Waals surface area contributed by atoms with E-state index in [-0.39, 0.29) is 30.0 Å². The summed E-state index contributed by atoms with van der Waals surface area (Å²) in [6.45, 7) is 0.599. The zero-order valence-corrected chi connectivity index (χ0v) is 12.3. The Morgan fingerprint density at radius 1 is 1.43 bits per heavy atom. The fourth-order valence-electron chi connectivity index (χ4n) is 2.67. The molecular formula is C14H18ClN3O3. The number of hydrogen-bond acceptors (Lipinski definition) is 5. The Balaban J connectivity index is 0.00000161. The highest BCUT2D eigenvalue weighted by Gasteiger charge is 2.28. The lowest BCUT2D eigenvalue weighted by atomic mass is 10.0. The van der Waals surface area contributed by atoms with Crippen molar-refractivity contribution in [2.75, 3.05) is 6.54 Å². The minimum absolute atomic E-state index is 0. The van der Waals surface area contributed by atoms with Crippen molar-refractivity contribution in [1.82, 2.24) is 10.5 Å². The van der Waals surface area contributed by atoms with Gasteiger partial charge in [0.2, 0.25) is 5.76 Å². The molecule has 2 aromatic heterocycles. The van der Waals surface area contributed by atoms with Gasteiger partial charge in [0.1, 0.15) is 0 Å². The molecule has 0 spiro atoms. The third-order valence-electron chi connectivity index (χ3n) is 3.79. The zero-order chi connectivity index (χ0) is 13.9. The average molecular weight is 312 g/mol. The van der Waals surface area contributed by atoms with Gasteiger partial charge in [0, 0.05) is 12.1 Å². The van der Waals surface area contributed by atoms with Crippen LogP contribution in [0.1, 0.15) is 29.8 Å². The van der Waals surface area contributed by atoms with Gasteiger partial charge in [-0.05, 0) is 37.4 Å². The maximum atomic E-state index is 12.1. The molecule has 7 heteroatoms. The van der Waals surface area contributed by atoms with Gasteiger partial charge in [0.15, 0.2) is 11.5 Å². The molecule has 0 radical (unpaired) electrons. The number of halogens is 1. The number of furan rings is 1. The van der Waals surface area contributed by atoms with Crippen molar-refractivity contribution in [3.8, 4) is 11.5 Å². The fourth-order valence-corrected chi connectivity index (χ4v) is 2.67. The normalized spacial score (nSPS) is 21.0. The van der Waals surface area contributed by atoms with Gasteiger partial charge in [0.25, 0.3) is 5.91 Å². The second-order valence-electron chi connectivity index (χ2n) is 5.06. The largest absolute Gasteiger partial charge is 0.461 e. The molecule has 3 rings (SSSR count). The summed E-state index contributed by atoms with van der Waals surface area (Å²) < 4.78 is 10.3. The van der Waals surface area contributed by atoms with E-state index in [9.17, 15) is 4.79 Å². The highest BCUT2D eigenvalue weighted by Crippen LogP contribution is 2.25. The molecule has 2 unspecified atom stereocenters. The van der Waals surface area contributed by atoms with Crippen LogP contribution < -0.4 is 11.1 Å². The first-order valence-corrected chi connectivity index (χ1v) is 6.79. The summed E-state index contributed by atoms with van der Waals surface area (Å²) in [6, 6.07) is 5.22. The molecule has 3 N–H and O–H groups in total. The van der Waals surface area contributed by atoms with Gasteiger partial charge in [-0.3, -0.25) is 4.79 Å². The summed E-state index contributed by atoms with van der Waals surface area (Å²) in [5, 5.41) is 6.77. The van der Waals surface area contributed by atoms with E-state index in [0.717, 1.165) is 19.3 Å². The molecule has 1 saturated carbocycles. The lowest BCUT2D eigenvalue weighted by molar-refractivity contribution is 0.0919. The van der Waals surface area contributed by atoms with Crippen LogP contribution in [0.4, 0.5) is 0 Å². The quantitative estimate of drug-likeness (QED) is 0.902. The molecule has 1 fully saturated rings. The molecule has 2 heterocycles. The highest BCUT2D eigenvalue weighted by molar-refractivity contribution is 5.93. The number of hydrogen-bond donors (Lipinski definition) is 2. The summed E-state index contributed by atoms with van der Waals surface area (Å²) in [4.78, 5) is 12.1. The van der Waals surface area contributed by atoms with Gasteiger partial charge < -0.3 is 20.0 Å². The monoisotopic (exact) mass is 311 g/mol. The van der Waals surface area contributed by atoms with Gasteiger partial charge in [0.05, 0.1) is 6.26 Å². The number of amides is 1. The summed E-state index contributed by atoms with van der Waals surface area (Å²) in [5.74, 6) is 1.13. The highest BCUT2D eigenvalue weighted by atomic mass is 35.5. The number of carbonyl (C=O) groups is 1. The van der Waals surface area contributed by atoms with E-state index < -0.39 is 0 Å². The molecule has 114 valence electrons. The molecule has 2 aromatic rings. The van der Waals surface area contributed by atoms with Gasteiger partial charge in [-0.15, -0.1) is 12.4 Å². The molecule has 1 amide bonds. The van der Waals surface area contributed by atoms with E-state index in [1.54, 1.807) is 24.5 Å². The molecule has 0 bridgehead atoms. The molecule has 0 aliphatic heterocycles. The van der Waals surface area contributed by atoms with Crippen LogP contribution in [0.25, 0.3) is 11.5 Å². The van der Waals surface area contributed by atoms with Gasteiger partial charge >= 0.3 is 0 Å². The van der Waals surface area contributed by atoms with Crippen LogP contribution in [0.2, 0.25) is 0 Å². The van der Waals surface area contributed by atoms with Crippen molar-refractivity contribution in [1.29, 1.82) is 0 Å². The predicted octanol–water partition coefficient (Wildman–Crippen LogP) is 2.21. The average Bonchev–Trinajstić information content (AvgIpc) is 3.19. The number of rotatable bonds is 4. The smallest absolute Gasteiger partial charge is 0.273 e. The number of nitrogens with one attached hydrogen (secondary N) is 1. The predicted molar refractivity (Wildman–Crippen MR) is 79.1 cm³/mol. The van der Waals surface area contributed by atoms with Crippen molar-refractivity contribution in [3.05, 3.63) is 30.2 Å². The van der Waals surface area contributed by atoms with Crippen LogP contribution >= 0.6 is 12.4 Å². The first kappa shape index (κ1) is 15.6. The van der Waals surface area contributed by atoms with E-state index in [1.807, 2.05) is 0 Å². The molecule has 0 aromatic carbocycles. The molecule has 1 aliphatic rings. The van der Waals surface area contributed by atoms with Crippen LogP contribution in [0.15, 0.2) is 33.4 Å². The second-order valence-corrected chi connectivity index (χ2v) is 5.06. The molecule has 0 saturated heterocycles. The fraction of sp³-hybridized carbons (Fsp3) is 0.429. The maximum Gasteiger partial charge on any atom is 0.273 e. The Kier molecular flexibility index (Phi) is 5.03. The molecule has 1 aliphatic carbocycles. The lowest BCUT2D eigenvalue weighted by Crippen LogP contribution is -2.39. The number of nitrogens with zero attached hydrogens (tertiary/aromatic N) is 1. The standard InChI is InChI=1S/C14H17N3O3.ClH/c15-8-9-3-1-4-10(9)16-14(18)11-7-13(20-17-11)12-5-2-6-19-12;/h2,5-7,9-10H,1,3-4,8,15H2,(H,16,18);1H. The van der Waals surface area contributed by atoms with E-state index in [2.05, 4.69) is 10.5 Å². The number of carbonyl (C=O) groups excluding carboxylic acids is 1. The molecule has 21 heavy (non-hydrogen) atoms. The summed E-state index contributed by atoms with van der Waals surface area (Å²) >= 11 is 0. The lowest BCUT2D eigenvalue weighted by Gasteiger charge is -2.18. The Labute approximate surface area is 128 Å². The maximum absolute atomic E-state index is 12.1. The van der Waals surface area contributed by atoms with Crippen LogP contribution in [-0.4, -0.2) is 23.7 Å². The van der Waals surface area contributed by atoms with E-state index >= 15 is 0 Å². The van der Waals surface area contributed by atoms with Crippen LogP contribution in [0.3, 0.4) is 0 Å². The minimum Gasteiger partial charge on any atom is -0.461 e. The van der Waals surface area contributed by atoms with Gasteiger partial charge in [-0.25, -0.2) is 0 Å². The van der Waals surface area contributed by atoms with Crippen molar-refractivity contribution >= 4 is 18.3 Å². The van der Waals surface area contributed by atoms with Crippen molar-refractivity contribution in [2.45, 2.75) is 25.3 Å². The van der Waals surface area contributed by atoms with Gasteiger partial charge in [-0.2, -0.15) is 0 Å². The summed E-state index contributed by atoms with van der Waals surface area (Å²) in [5.41, 5.74) is 5.97. The Morgan fingerprint density at radius 2 is 2.29 bits per heavy atom. The second kappa shape index (κ2) is 6.78. The first-order chi connectivity index (χ1) is 9.78. The van der Waals surface area contributed by atoms with E-state index in [1.165, 1.54) is 0 Å². The number of aromatic nitrogens is 1. The van der Waals surface area contributed by atoms with Crippen LogP contribution in [0, 0.1) is 5.92 Å². The van der Waals surface area contributed by atoms with Crippen molar-refractivity contribution in [2.24, 2.45) is 11.7 Å². The van der Waals surface area contributed by atoms with Crippen molar-refractivity contribution in [3.63, 3.8) is 0 Å². The molecule has 6 nitrogen and oxygen atoms in total. The van der Waals surface area contributed by atoms with Crippen LogP contribution in [-0.2, 0) is 0 Å². The Bertz CT molecular complexity index is 582. The van der Waals surface area contributed by atoms with Gasteiger partial charge in [-0.1, -0.05) is 11.6 Å². The molecule has 2 atom stereocenters. The summed E-state index contributed by atoms with van der Waals surface area (Å²) in [7, 11) is 0. The third kappa shape index (κ3) is 3.28. The Morgan fingerprint density at radius 3 is 3.00 bits per heavy atom. The van der Waals surface area contributed by atoms with E-state index in [0.29, 0.717) is 24.0 Å². The Hall–Kier alpha value is -1.79. The topological polar surface area (TPSA) is 94.3 Å². The minimum atomic E-state index is -0.225. The molecular weight excluding hydrogens is 294 g/mol. The third-order valence-corrected chi connectivity index (χ3v) is 3.79. The van der Waals surface area contributed by atoms with E-state index in [4.69, 9.17) is 14.7 Å². The first-order valence-electron chi connectivity index (χ1n) is 6.79. The zero-order valence-electron chi connectivity index (χ0n) is 11.5.